The Labute approximate surface area is 179 Å². The summed E-state index contributed by atoms with van der Waals surface area (Å²) in [5, 5.41) is 8.78. The number of aromatic nitrogens is 4. The highest BCUT2D eigenvalue weighted by Crippen LogP contribution is 2.35. The van der Waals surface area contributed by atoms with E-state index >= 15 is 0 Å². The van der Waals surface area contributed by atoms with Crippen LogP contribution in [0.5, 0.6) is 0 Å². The second-order valence-corrected chi connectivity index (χ2v) is 7.15. The molecule has 0 aliphatic heterocycles. The standard InChI is InChI=1S/C22H14ClF3N4O/c1-13-20(19(31)10-7-14-5-8-15(23)9-6-14)28-29-30(13)18-11-12-27-21-16(18)3-2-4-17(21)22(24,25)26/h2-12H,1H3/b10-7+. The summed E-state index contributed by atoms with van der Waals surface area (Å²) < 4.78 is 41.4. The van der Waals surface area contributed by atoms with Crippen LogP contribution in [0.1, 0.15) is 27.3 Å². The largest absolute Gasteiger partial charge is 0.418 e. The van der Waals surface area contributed by atoms with Gasteiger partial charge in [0.25, 0.3) is 0 Å². The van der Waals surface area contributed by atoms with Crippen molar-refractivity contribution in [1.29, 1.82) is 0 Å². The first-order valence-corrected chi connectivity index (χ1v) is 9.49. The van der Waals surface area contributed by atoms with Crippen LogP contribution in [0.15, 0.2) is 60.8 Å². The molecule has 0 bridgehead atoms. The van der Waals surface area contributed by atoms with Crippen molar-refractivity contribution in [2.24, 2.45) is 0 Å². The van der Waals surface area contributed by atoms with Gasteiger partial charge in [-0.2, -0.15) is 13.2 Å². The molecule has 0 N–H and O–H groups in total. The van der Waals surface area contributed by atoms with Crippen LogP contribution in [0.4, 0.5) is 13.2 Å². The molecule has 0 aliphatic rings. The van der Waals surface area contributed by atoms with Crippen LogP contribution in [0.2, 0.25) is 5.02 Å². The number of halogens is 4. The zero-order valence-corrected chi connectivity index (χ0v) is 16.8. The van der Waals surface area contributed by atoms with Gasteiger partial charge in [0.1, 0.15) is 0 Å². The Balaban J connectivity index is 1.72. The second-order valence-electron chi connectivity index (χ2n) is 6.71. The third-order valence-corrected chi connectivity index (χ3v) is 4.96. The summed E-state index contributed by atoms with van der Waals surface area (Å²) in [5.41, 5.74) is 0.590. The molecule has 2 aromatic carbocycles. The molecule has 0 fully saturated rings. The average molecular weight is 443 g/mol. The van der Waals surface area contributed by atoms with Gasteiger partial charge in [0, 0.05) is 16.6 Å². The number of alkyl halides is 3. The van der Waals surface area contributed by atoms with Gasteiger partial charge >= 0.3 is 6.18 Å². The molecule has 4 aromatic rings. The number of hydrogen-bond acceptors (Lipinski definition) is 4. The molecule has 156 valence electrons. The molecule has 2 heterocycles. The molecule has 5 nitrogen and oxygen atoms in total. The maximum atomic E-state index is 13.4. The normalized spacial score (nSPS) is 12.0. The summed E-state index contributed by atoms with van der Waals surface area (Å²) in [4.78, 5) is 16.5. The highest BCUT2D eigenvalue weighted by molar-refractivity contribution is 6.30. The van der Waals surface area contributed by atoms with Crippen LogP contribution in [0.3, 0.4) is 0 Å². The lowest BCUT2D eigenvalue weighted by Gasteiger charge is -2.12. The molecule has 0 radical (unpaired) electrons. The number of rotatable bonds is 4. The van der Waals surface area contributed by atoms with E-state index in [2.05, 4.69) is 15.3 Å². The summed E-state index contributed by atoms with van der Waals surface area (Å²) in [6.07, 6.45) is -0.294. The Hall–Kier alpha value is -3.52. The quantitative estimate of drug-likeness (QED) is 0.301. The maximum Gasteiger partial charge on any atom is 0.418 e. The van der Waals surface area contributed by atoms with E-state index < -0.39 is 11.7 Å². The average Bonchev–Trinajstić information content (AvgIpc) is 3.12. The number of pyridine rings is 1. The number of hydrogen-bond donors (Lipinski definition) is 0. The SMILES string of the molecule is Cc1c(C(=O)/C=C/c2ccc(Cl)cc2)nnn1-c1ccnc2c(C(F)(F)F)cccc12. The maximum absolute atomic E-state index is 13.4. The molecule has 0 unspecified atom stereocenters. The minimum absolute atomic E-state index is 0.0992. The Morgan fingerprint density at radius 1 is 1.10 bits per heavy atom. The molecule has 4 rings (SSSR count). The summed E-state index contributed by atoms with van der Waals surface area (Å²) in [7, 11) is 0. The Morgan fingerprint density at radius 3 is 2.55 bits per heavy atom. The minimum atomic E-state index is -4.55. The minimum Gasteiger partial charge on any atom is -0.287 e. The molecular formula is C22H14ClF3N4O. The number of carbonyl (C=O) groups is 1. The van der Waals surface area contributed by atoms with Gasteiger partial charge in [0.15, 0.2) is 5.69 Å². The van der Waals surface area contributed by atoms with E-state index in [1.165, 1.54) is 35.2 Å². The Morgan fingerprint density at radius 2 is 1.84 bits per heavy atom. The highest BCUT2D eigenvalue weighted by Gasteiger charge is 2.33. The fourth-order valence-electron chi connectivity index (χ4n) is 3.19. The van der Waals surface area contributed by atoms with Crippen molar-refractivity contribution < 1.29 is 18.0 Å². The van der Waals surface area contributed by atoms with E-state index in [-0.39, 0.29) is 22.4 Å². The summed E-state index contributed by atoms with van der Waals surface area (Å²) >= 11 is 5.85. The van der Waals surface area contributed by atoms with Gasteiger partial charge in [-0.3, -0.25) is 9.78 Å². The van der Waals surface area contributed by atoms with E-state index in [0.29, 0.717) is 16.4 Å². The van der Waals surface area contributed by atoms with Gasteiger partial charge in [-0.15, -0.1) is 5.10 Å². The summed E-state index contributed by atoms with van der Waals surface area (Å²) in [6.45, 7) is 1.63. The van der Waals surface area contributed by atoms with Crippen LogP contribution >= 0.6 is 11.6 Å². The van der Waals surface area contributed by atoms with Gasteiger partial charge in [-0.25, -0.2) is 4.68 Å². The number of allylic oxidation sites excluding steroid dienone is 1. The molecule has 31 heavy (non-hydrogen) atoms. The fraction of sp³-hybridized carbons (Fsp3) is 0.0909. The molecule has 0 spiro atoms. The second kappa shape index (κ2) is 7.96. The van der Waals surface area contributed by atoms with Crippen molar-refractivity contribution in [3.63, 3.8) is 0 Å². The smallest absolute Gasteiger partial charge is 0.287 e. The molecule has 2 aromatic heterocycles. The number of para-hydroxylation sites is 1. The first-order valence-electron chi connectivity index (χ1n) is 9.11. The van der Waals surface area contributed by atoms with Gasteiger partial charge in [-0.05, 0) is 42.8 Å². The van der Waals surface area contributed by atoms with Crippen molar-refractivity contribution in [3.05, 3.63) is 88.3 Å². The predicted octanol–water partition coefficient (Wildman–Crippen LogP) is 5.69. The molecule has 0 saturated carbocycles. The third-order valence-electron chi connectivity index (χ3n) is 4.71. The molecule has 0 atom stereocenters. The fourth-order valence-corrected chi connectivity index (χ4v) is 3.31. The zero-order chi connectivity index (χ0) is 22.2. The number of ketones is 1. The molecule has 9 heteroatoms. The monoisotopic (exact) mass is 442 g/mol. The van der Waals surface area contributed by atoms with Gasteiger partial charge in [-0.1, -0.05) is 47.2 Å². The predicted molar refractivity (Wildman–Crippen MR) is 111 cm³/mol. The van der Waals surface area contributed by atoms with Crippen molar-refractivity contribution in [3.8, 4) is 5.69 Å². The number of carbonyl (C=O) groups excluding carboxylic acids is 1. The van der Waals surface area contributed by atoms with Crippen LogP contribution < -0.4 is 0 Å². The number of fused-ring (bicyclic) bond motifs is 1. The van der Waals surface area contributed by atoms with Crippen LogP contribution in [0.25, 0.3) is 22.7 Å². The van der Waals surface area contributed by atoms with Crippen molar-refractivity contribution in [1.82, 2.24) is 20.0 Å². The topological polar surface area (TPSA) is 60.7 Å². The molecular weight excluding hydrogens is 429 g/mol. The van der Waals surface area contributed by atoms with Crippen LogP contribution in [-0.4, -0.2) is 25.8 Å². The Bertz CT molecular complexity index is 1310. The van der Waals surface area contributed by atoms with Crippen LogP contribution in [0, 0.1) is 6.92 Å². The van der Waals surface area contributed by atoms with Gasteiger partial charge in [0.05, 0.1) is 22.5 Å². The van der Waals surface area contributed by atoms with Gasteiger partial charge in [0.2, 0.25) is 5.78 Å². The first-order chi connectivity index (χ1) is 14.8. The highest BCUT2D eigenvalue weighted by atomic mass is 35.5. The summed E-state index contributed by atoms with van der Waals surface area (Å²) in [6, 6.07) is 12.3. The third kappa shape index (κ3) is 4.06. The number of nitrogens with zero attached hydrogens (tertiary/aromatic N) is 4. The van der Waals surface area contributed by atoms with E-state index in [0.717, 1.165) is 11.6 Å². The van der Waals surface area contributed by atoms with E-state index in [1.807, 2.05) is 0 Å². The van der Waals surface area contributed by atoms with Crippen molar-refractivity contribution in [2.45, 2.75) is 13.1 Å². The van der Waals surface area contributed by atoms with Crippen LogP contribution in [-0.2, 0) is 6.18 Å². The lowest BCUT2D eigenvalue weighted by molar-refractivity contribution is -0.136. The molecule has 0 amide bonds. The first kappa shape index (κ1) is 20.7. The van der Waals surface area contributed by atoms with E-state index in [9.17, 15) is 18.0 Å². The van der Waals surface area contributed by atoms with Gasteiger partial charge < -0.3 is 0 Å². The zero-order valence-electron chi connectivity index (χ0n) is 16.1. The summed E-state index contributed by atoms with van der Waals surface area (Å²) in [5.74, 6) is -0.381. The Kier molecular flexibility index (Phi) is 5.32. The van der Waals surface area contributed by atoms with E-state index in [1.54, 1.807) is 37.3 Å². The number of benzene rings is 2. The van der Waals surface area contributed by atoms with Crippen molar-refractivity contribution >= 4 is 34.4 Å². The lowest BCUT2D eigenvalue weighted by Crippen LogP contribution is -2.08. The molecule has 0 aliphatic carbocycles. The lowest BCUT2D eigenvalue weighted by atomic mass is 10.1. The van der Waals surface area contributed by atoms with Crippen molar-refractivity contribution in [2.75, 3.05) is 0 Å². The van der Waals surface area contributed by atoms with E-state index in [4.69, 9.17) is 11.6 Å². The molecule has 0 saturated heterocycles.